The molecule has 0 saturated carbocycles. The molecule has 0 N–H and O–H groups in total. The monoisotopic (exact) mass is 503 g/mol. The Hall–Kier alpha value is -4.90. The second-order valence-corrected chi connectivity index (χ2v) is 9.04. The van der Waals surface area contributed by atoms with Crippen LogP contribution in [0.25, 0.3) is 22.3 Å². The zero-order chi connectivity index (χ0) is 27.2. The Morgan fingerprint density at radius 3 is 1.05 bits per heavy atom. The summed E-state index contributed by atoms with van der Waals surface area (Å²) in [6.07, 6.45) is 0. The van der Waals surface area contributed by atoms with Crippen molar-refractivity contribution in [3.05, 3.63) is 121 Å². The van der Waals surface area contributed by atoms with Crippen LogP contribution in [-0.2, 0) is 9.59 Å². The van der Waals surface area contributed by atoms with E-state index in [0.29, 0.717) is 22.6 Å². The van der Waals surface area contributed by atoms with Crippen LogP contribution in [0.15, 0.2) is 121 Å². The standard InChI is InChI=1S/C33H29NO4/c1-22(2)32(35)37-30-18-10-26(11-19-30)24-6-14-28(15-7-24)34(5)29-16-8-25(9-17-29)27-12-20-31(21-13-27)38-33(36)23(3)4/h6-21H,1,3H2,2,4-5H3. The van der Waals surface area contributed by atoms with E-state index in [9.17, 15) is 9.59 Å². The quantitative estimate of drug-likeness (QED) is 0.140. The molecular weight excluding hydrogens is 474 g/mol. The molecule has 190 valence electrons. The van der Waals surface area contributed by atoms with Gasteiger partial charge in [-0.15, -0.1) is 0 Å². The second kappa shape index (κ2) is 11.4. The minimum Gasteiger partial charge on any atom is -0.423 e. The Morgan fingerprint density at radius 2 is 0.789 bits per heavy atom. The number of esters is 2. The molecule has 0 atom stereocenters. The van der Waals surface area contributed by atoms with Crippen LogP contribution in [0.2, 0.25) is 0 Å². The maximum absolute atomic E-state index is 11.7. The molecule has 0 aliphatic rings. The summed E-state index contributed by atoms with van der Waals surface area (Å²) in [4.78, 5) is 25.5. The molecule has 4 aromatic carbocycles. The first-order valence-corrected chi connectivity index (χ1v) is 12.1. The summed E-state index contributed by atoms with van der Waals surface area (Å²) >= 11 is 0. The largest absolute Gasteiger partial charge is 0.423 e. The van der Waals surface area contributed by atoms with Gasteiger partial charge in [-0.3, -0.25) is 0 Å². The molecule has 0 unspecified atom stereocenters. The molecule has 0 fully saturated rings. The maximum Gasteiger partial charge on any atom is 0.338 e. The molecule has 0 radical (unpaired) electrons. The van der Waals surface area contributed by atoms with Gasteiger partial charge in [0.1, 0.15) is 11.5 Å². The lowest BCUT2D eigenvalue weighted by molar-refractivity contribution is -0.130. The van der Waals surface area contributed by atoms with E-state index in [1.165, 1.54) is 0 Å². The molecule has 0 saturated heterocycles. The number of rotatable bonds is 8. The van der Waals surface area contributed by atoms with Crippen LogP contribution in [-0.4, -0.2) is 19.0 Å². The molecule has 0 heterocycles. The van der Waals surface area contributed by atoms with E-state index >= 15 is 0 Å². The van der Waals surface area contributed by atoms with Crippen molar-refractivity contribution in [3.8, 4) is 33.8 Å². The van der Waals surface area contributed by atoms with Crippen LogP contribution in [0, 0.1) is 0 Å². The number of hydrogen-bond acceptors (Lipinski definition) is 5. The predicted molar refractivity (Wildman–Crippen MR) is 153 cm³/mol. The van der Waals surface area contributed by atoms with Gasteiger partial charge in [-0.2, -0.15) is 0 Å². The van der Waals surface area contributed by atoms with Gasteiger partial charge >= 0.3 is 11.9 Å². The maximum atomic E-state index is 11.7. The predicted octanol–water partition coefficient (Wildman–Crippen LogP) is 7.75. The summed E-state index contributed by atoms with van der Waals surface area (Å²) in [6, 6.07) is 31.4. The van der Waals surface area contributed by atoms with Gasteiger partial charge < -0.3 is 14.4 Å². The molecule has 0 aliphatic heterocycles. The first-order valence-electron chi connectivity index (χ1n) is 12.1. The van der Waals surface area contributed by atoms with E-state index in [4.69, 9.17) is 9.47 Å². The Balaban J connectivity index is 1.41. The summed E-state index contributed by atoms with van der Waals surface area (Å²) in [5.41, 5.74) is 7.01. The molecule has 0 aromatic heterocycles. The highest BCUT2D eigenvalue weighted by atomic mass is 16.5. The molecule has 38 heavy (non-hydrogen) atoms. The molecule has 5 heteroatoms. The number of carbonyl (C=O) groups is 2. The van der Waals surface area contributed by atoms with Gasteiger partial charge in [0.2, 0.25) is 0 Å². The van der Waals surface area contributed by atoms with Crippen LogP contribution in [0.4, 0.5) is 11.4 Å². The number of anilines is 2. The number of ether oxygens (including phenoxy) is 2. The number of carbonyl (C=O) groups excluding carboxylic acids is 2. The number of hydrogen-bond donors (Lipinski definition) is 0. The summed E-state index contributed by atoms with van der Waals surface area (Å²) in [7, 11) is 2.03. The Labute approximate surface area is 223 Å². The molecule has 0 amide bonds. The highest BCUT2D eigenvalue weighted by Crippen LogP contribution is 2.30. The molecule has 5 nitrogen and oxygen atoms in total. The van der Waals surface area contributed by atoms with Gasteiger partial charge in [0.25, 0.3) is 0 Å². The minimum absolute atomic E-state index is 0.362. The first kappa shape index (κ1) is 26.2. The van der Waals surface area contributed by atoms with Gasteiger partial charge in [-0.05, 0) is 84.6 Å². The van der Waals surface area contributed by atoms with E-state index in [1.807, 2.05) is 31.3 Å². The van der Waals surface area contributed by atoms with E-state index < -0.39 is 11.9 Å². The van der Waals surface area contributed by atoms with E-state index in [-0.39, 0.29) is 0 Å². The van der Waals surface area contributed by atoms with Crippen molar-refractivity contribution < 1.29 is 19.1 Å². The van der Waals surface area contributed by atoms with Crippen LogP contribution < -0.4 is 14.4 Å². The fourth-order valence-electron chi connectivity index (χ4n) is 3.72. The van der Waals surface area contributed by atoms with Crippen molar-refractivity contribution in [2.24, 2.45) is 0 Å². The Morgan fingerprint density at radius 1 is 0.526 bits per heavy atom. The van der Waals surface area contributed by atoms with Crippen LogP contribution >= 0.6 is 0 Å². The fourth-order valence-corrected chi connectivity index (χ4v) is 3.72. The van der Waals surface area contributed by atoms with Crippen molar-refractivity contribution in [3.63, 3.8) is 0 Å². The van der Waals surface area contributed by atoms with Gasteiger partial charge in [0.05, 0.1) is 0 Å². The summed E-state index contributed by atoms with van der Waals surface area (Å²) < 4.78 is 10.5. The highest BCUT2D eigenvalue weighted by molar-refractivity contribution is 5.89. The van der Waals surface area contributed by atoms with Crippen molar-refractivity contribution >= 4 is 23.3 Å². The Bertz CT molecular complexity index is 1350. The van der Waals surface area contributed by atoms with Gasteiger partial charge in [-0.25, -0.2) is 9.59 Å². The van der Waals surface area contributed by atoms with Crippen molar-refractivity contribution in [1.82, 2.24) is 0 Å². The SMILES string of the molecule is C=C(C)C(=O)Oc1ccc(-c2ccc(N(C)c3ccc(-c4ccc(OC(=O)C(=C)C)cc4)cc3)cc2)cc1. The van der Waals surface area contributed by atoms with Crippen LogP contribution in [0.1, 0.15) is 13.8 Å². The normalized spacial score (nSPS) is 10.4. The summed E-state index contributed by atoms with van der Waals surface area (Å²) in [6.45, 7) is 10.4. The van der Waals surface area contributed by atoms with Crippen molar-refractivity contribution in [2.75, 3.05) is 11.9 Å². The van der Waals surface area contributed by atoms with Gasteiger partial charge in [0, 0.05) is 29.6 Å². The van der Waals surface area contributed by atoms with Crippen molar-refractivity contribution in [1.29, 1.82) is 0 Å². The molecule has 4 rings (SSSR count). The van der Waals surface area contributed by atoms with Crippen LogP contribution in [0.5, 0.6) is 11.5 Å². The molecule has 0 spiro atoms. The fraction of sp³-hybridized carbons (Fsp3) is 0.0909. The van der Waals surface area contributed by atoms with E-state index in [2.05, 4.69) is 66.6 Å². The average Bonchev–Trinajstić information content (AvgIpc) is 2.93. The number of nitrogens with zero attached hydrogens (tertiary/aromatic N) is 1. The summed E-state index contributed by atoms with van der Waals surface area (Å²) in [5, 5.41) is 0. The molecule has 0 bridgehead atoms. The van der Waals surface area contributed by atoms with Crippen LogP contribution in [0.3, 0.4) is 0 Å². The Kier molecular flexibility index (Phi) is 7.88. The van der Waals surface area contributed by atoms with E-state index in [1.54, 1.807) is 38.1 Å². The lowest BCUT2D eigenvalue weighted by Gasteiger charge is -2.20. The third kappa shape index (κ3) is 6.26. The first-order chi connectivity index (χ1) is 18.2. The van der Waals surface area contributed by atoms with Gasteiger partial charge in [-0.1, -0.05) is 61.7 Å². The molecule has 0 aliphatic carbocycles. The third-order valence-corrected chi connectivity index (χ3v) is 6.00. The molecular formula is C33H29NO4. The zero-order valence-electron chi connectivity index (χ0n) is 21.7. The smallest absolute Gasteiger partial charge is 0.338 e. The lowest BCUT2D eigenvalue weighted by atomic mass is 10.0. The molecule has 4 aromatic rings. The number of benzene rings is 4. The zero-order valence-corrected chi connectivity index (χ0v) is 21.7. The highest BCUT2D eigenvalue weighted by Gasteiger charge is 2.09. The van der Waals surface area contributed by atoms with Crippen molar-refractivity contribution in [2.45, 2.75) is 13.8 Å². The van der Waals surface area contributed by atoms with Gasteiger partial charge in [0.15, 0.2) is 0 Å². The topological polar surface area (TPSA) is 55.8 Å². The van der Waals surface area contributed by atoms with E-state index in [0.717, 1.165) is 33.6 Å². The minimum atomic E-state index is -0.433. The summed E-state index contributed by atoms with van der Waals surface area (Å²) in [5.74, 6) is 0.114. The lowest BCUT2D eigenvalue weighted by Crippen LogP contribution is -2.09. The average molecular weight is 504 g/mol. The second-order valence-electron chi connectivity index (χ2n) is 9.04. The third-order valence-electron chi connectivity index (χ3n) is 6.00.